The summed E-state index contributed by atoms with van der Waals surface area (Å²) < 4.78 is 59.0. The number of benzene rings is 2. The lowest BCUT2D eigenvalue weighted by Gasteiger charge is -2.31. The first-order chi connectivity index (χ1) is 20.6. The molecular formula is C30H26ClF3N6O2S. The molecule has 2 aromatic heterocycles. The van der Waals surface area contributed by atoms with Gasteiger partial charge in [0.05, 0.1) is 32.8 Å². The smallest absolute Gasteiger partial charge is 0.319 e. The summed E-state index contributed by atoms with van der Waals surface area (Å²) in [6, 6.07) is 4.59. The van der Waals surface area contributed by atoms with Crippen molar-refractivity contribution in [3.63, 3.8) is 0 Å². The highest BCUT2D eigenvalue weighted by Crippen LogP contribution is 2.54. The molecule has 1 aliphatic carbocycles. The van der Waals surface area contributed by atoms with E-state index in [0.29, 0.717) is 30.7 Å². The van der Waals surface area contributed by atoms with Gasteiger partial charge in [-0.05, 0) is 43.9 Å². The number of alkyl halides is 1. The predicted octanol–water partition coefficient (Wildman–Crippen LogP) is 6.21. The number of fused-ring (bicyclic) bond motifs is 2. The summed E-state index contributed by atoms with van der Waals surface area (Å²) in [7, 11) is 1.85. The van der Waals surface area contributed by atoms with Crippen LogP contribution >= 0.6 is 22.9 Å². The zero-order valence-corrected chi connectivity index (χ0v) is 24.7. The minimum absolute atomic E-state index is 0.0212. The number of aromatic nitrogens is 2. The Balaban J connectivity index is 1.35. The fourth-order valence-electron chi connectivity index (χ4n) is 7.22. The van der Waals surface area contributed by atoms with Crippen molar-refractivity contribution >= 4 is 54.7 Å². The van der Waals surface area contributed by atoms with Gasteiger partial charge >= 0.3 is 6.01 Å². The minimum atomic E-state index is -0.925. The molecule has 0 bridgehead atoms. The summed E-state index contributed by atoms with van der Waals surface area (Å²) in [4.78, 5) is 13.3. The standard InChI is InChI=1S/C30H26ClF3N6O2S/c1-39-12-30(6-7-30)42-24-20-23(37-28(38-27(20)39)41-13-29-5-2-8-40(29)11-14(32)9-29)22(34)19(21(24)31)15-3-4-17(33)25-18(15)16(10-35)26(36)43-25/h3-4,14H,2,5-9,11-13,36H2,1H3/t14-,29+/m1/s1. The number of hydrogen-bond donors (Lipinski definition) is 1. The largest absolute Gasteiger partial charge is 0.483 e. The van der Waals surface area contributed by atoms with Gasteiger partial charge in [0.2, 0.25) is 0 Å². The molecule has 2 N–H and O–H groups in total. The maximum atomic E-state index is 16.9. The normalized spacial score (nSPS) is 23.9. The third-order valence-corrected chi connectivity index (χ3v) is 10.8. The van der Waals surface area contributed by atoms with Crippen molar-refractivity contribution in [2.75, 3.05) is 43.9 Å². The number of nitriles is 1. The van der Waals surface area contributed by atoms with Gasteiger partial charge in [-0.25, -0.2) is 13.2 Å². The average molecular weight is 627 g/mol. The van der Waals surface area contributed by atoms with Gasteiger partial charge in [-0.1, -0.05) is 17.7 Å². The highest BCUT2D eigenvalue weighted by molar-refractivity contribution is 7.23. The first-order valence-corrected chi connectivity index (χ1v) is 15.4. The second-order valence-corrected chi connectivity index (χ2v) is 13.6. The molecule has 0 radical (unpaired) electrons. The Labute approximate surface area is 253 Å². The number of nitrogens with zero attached hydrogens (tertiary/aromatic N) is 5. The number of thiophene rings is 1. The SMILES string of the molecule is CN1CC2(CC2)Oc2c(Cl)c(-c3ccc(F)c4sc(N)c(C#N)c34)c(F)c3nc(OC[C@@]45CCCN4C[C@H](F)C5)nc1c23. The van der Waals surface area contributed by atoms with E-state index in [-0.39, 0.29) is 60.7 Å². The zero-order valence-electron chi connectivity index (χ0n) is 23.1. The van der Waals surface area contributed by atoms with Crippen molar-refractivity contribution in [1.29, 1.82) is 5.26 Å². The summed E-state index contributed by atoms with van der Waals surface area (Å²) in [5, 5.41) is 10.5. The Bertz CT molecular complexity index is 1910. The second-order valence-electron chi connectivity index (χ2n) is 12.1. The summed E-state index contributed by atoms with van der Waals surface area (Å²) in [5.41, 5.74) is 5.19. The molecule has 4 aliphatic rings. The van der Waals surface area contributed by atoms with Gasteiger partial charge in [-0.15, -0.1) is 11.3 Å². The van der Waals surface area contributed by atoms with Crippen molar-refractivity contribution in [3.8, 4) is 29.0 Å². The summed E-state index contributed by atoms with van der Waals surface area (Å²) in [6.45, 7) is 1.84. The van der Waals surface area contributed by atoms with E-state index in [1.807, 2.05) is 18.0 Å². The molecule has 5 heterocycles. The van der Waals surface area contributed by atoms with Crippen LogP contribution in [0.1, 0.15) is 37.7 Å². The Morgan fingerprint density at radius 1 is 1.26 bits per heavy atom. The van der Waals surface area contributed by atoms with E-state index in [0.717, 1.165) is 43.6 Å². The number of nitrogen functional groups attached to an aromatic ring is 1. The number of ether oxygens (including phenoxy) is 2. The van der Waals surface area contributed by atoms with Crippen molar-refractivity contribution in [2.24, 2.45) is 0 Å². The molecule has 2 aromatic carbocycles. The third kappa shape index (κ3) is 3.90. The molecule has 8 nitrogen and oxygen atoms in total. The van der Waals surface area contributed by atoms with E-state index in [1.54, 1.807) is 0 Å². The van der Waals surface area contributed by atoms with Crippen molar-refractivity contribution in [3.05, 3.63) is 34.4 Å². The first kappa shape index (κ1) is 27.0. The number of hydrogen-bond acceptors (Lipinski definition) is 9. The quantitative estimate of drug-likeness (QED) is 0.285. The van der Waals surface area contributed by atoms with Crippen LogP contribution in [0.25, 0.3) is 32.1 Å². The molecule has 2 atom stereocenters. The Morgan fingerprint density at radius 2 is 2.07 bits per heavy atom. The molecule has 3 aliphatic heterocycles. The number of nitrogens with two attached hydrogens (primary N) is 1. The molecule has 0 unspecified atom stereocenters. The molecule has 3 fully saturated rings. The fourth-order valence-corrected chi connectivity index (χ4v) is 8.49. The number of anilines is 2. The maximum absolute atomic E-state index is 16.9. The third-order valence-electron chi connectivity index (χ3n) is 9.39. The van der Waals surface area contributed by atoms with Gasteiger partial charge in [0.25, 0.3) is 0 Å². The van der Waals surface area contributed by atoms with E-state index >= 15 is 4.39 Å². The van der Waals surface area contributed by atoms with Crippen LogP contribution in [-0.4, -0.2) is 65.5 Å². The Kier molecular flexibility index (Phi) is 5.81. The molecule has 43 heavy (non-hydrogen) atoms. The van der Waals surface area contributed by atoms with E-state index < -0.39 is 28.9 Å². The minimum Gasteiger partial charge on any atom is -0.483 e. The Hall–Kier alpha value is -3.53. The molecule has 0 amide bonds. The molecule has 4 aromatic rings. The lowest BCUT2D eigenvalue weighted by Crippen LogP contribution is -2.43. The van der Waals surface area contributed by atoms with E-state index in [4.69, 9.17) is 31.8 Å². The van der Waals surface area contributed by atoms with Gasteiger partial charge < -0.3 is 20.1 Å². The predicted molar refractivity (Wildman–Crippen MR) is 159 cm³/mol. The topological polar surface area (TPSA) is 101 Å². The number of likely N-dealkylation sites (N-methyl/N-ethyl adjacent to an activating group) is 1. The first-order valence-electron chi connectivity index (χ1n) is 14.2. The van der Waals surface area contributed by atoms with Crippen molar-refractivity contribution in [1.82, 2.24) is 14.9 Å². The van der Waals surface area contributed by atoms with Crippen LogP contribution < -0.4 is 20.1 Å². The molecule has 8 rings (SSSR count). The van der Waals surface area contributed by atoms with E-state index in [9.17, 15) is 14.0 Å². The van der Waals surface area contributed by atoms with Crippen LogP contribution in [0.4, 0.5) is 24.0 Å². The Morgan fingerprint density at radius 3 is 2.84 bits per heavy atom. The molecule has 13 heteroatoms. The van der Waals surface area contributed by atoms with Crippen LogP contribution in [0, 0.1) is 23.0 Å². The lowest BCUT2D eigenvalue weighted by atomic mass is 9.95. The van der Waals surface area contributed by atoms with Crippen LogP contribution in [0.2, 0.25) is 5.02 Å². The van der Waals surface area contributed by atoms with Crippen LogP contribution in [0.5, 0.6) is 11.8 Å². The van der Waals surface area contributed by atoms with E-state index in [1.165, 1.54) is 12.1 Å². The molecule has 1 spiro atoms. The molecule has 1 saturated carbocycles. The van der Waals surface area contributed by atoms with Gasteiger partial charge in [-0.3, -0.25) is 4.90 Å². The summed E-state index contributed by atoms with van der Waals surface area (Å²) >= 11 is 7.92. The van der Waals surface area contributed by atoms with Gasteiger partial charge in [0.1, 0.15) is 46.6 Å². The molecule has 222 valence electrons. The van der Waals surface area contributed by atoms with Gasteiger partial charge in [0, 0.05) is 31.0 Å². The van der Waals surface area contributed by atoms with Crippen LogP contribution in [0.15, 0.2) is 12.1 Å². The highest BCUT2D eigenvalue weighted by atomic mass is 35.5. The van der Waals surface area contributed by atoms with Gasteiger partial charge in [-0.2, -0.15) is 15.2 Å². The molecular weight excluding hydrogens is 601 g/mol. The molecule has 2 saturated heterocycles. The lowest BCUT2D eigenvalue weighted by molar-refractivity contribution is 0.107. The second kappa shape index (κ2) is 9.24. The monoisotopic (exact) mass is 626 g/mol. The average Bonchev–Trinajstić information content (AvgIpc) is 3.35. The van der Waals surface area contributed by atoms with E-state index in [2.05, 4.69) is 9.88 Å². The fraction of sp³-hybridized carbons (Fsp3) is 0.433. The van der Waals surface area contributed by atoms with Crippen molar-refractivity contribution < 1.29 is 22.6 Å². The zero-order chi connectivity index (χ0) is 29.8. The van der Waals surface area contributed by atoms with Gasteiger partial charge in [0.15, 0.2) is 11.6 Å². The van der Waals surface area contributed by atoms with Crippen LogP contribution in [-0.2, 0) is 0 Å². The van der Waals surface area contributed by atoms with Crippen LogP contribution in [0.3, 0.4) is 0 Å². The summed E-state index contributed by atoms with van der Waals surface area (Å²) in [5.74, 6) is -0.728. The number of rotatable bonds is 4. The summed E-state index contributed by atoms with van der Waals surface area (Å²) in [6.07, 6.45) is 2.74. The number of halogens is 4. The van der Waals surface area contributed by atoms with Crippen molar-refractivity contribution in [2.45, 2.75) is 49.4 Å². The highest BCUT2D eigenvalue weighted by Gasteiger charge is 2.51. The maximum Gasteiger partial charge on any atom is 0.319 e.